The second-order valence-electron chi connectivity index (χ2n) is 4.35. The van der Waals surface area contributed by atoms with Gasteiger partial charge in [0.05, 0.1) is 0 Å². The molecule has 0 aliphatic rings. The highest BCUT2D eigenvalue weighted by Crippen LogP contribution is 2.33. The maximum atomic E-state index is 13.9. The summed E-state index contributed by atoms with van der Waals surface area (Å²) in [6.45, 7) is 1.99. The second kappa shape index (κ2) is 7.02. The largest absolute Gasteiger partial charge is 0.480 e. The van der Waals surface area contributed by atoms with Gasteiger partial charge in [-0.1, -0.05) is 22.9 Å². The summed E-state index contributed by atoms with van der Waals surface area (Å²) in [6.07, 6.45) is 0.394. The average molecular weight is 423 g/mol. The Morgan fingerprint density at radius 2 is 2.05 bits per heavy atom. The van der Waals surface area contributed by atoms with E-state index in [9.17, 15) is 4.39 Å². The van der Waals surface area contributed by atoms with Crippen molar-refractivity contribution >= 4 is 43.2 Å². The van der Waals surface area contributed by atoms with E-state index in [0.717, 1.165) is 15.8 Å². The van der Waals surface area contributed by atoms with Crippen LogP contribution in [0.4, 0.5) is 4.39 Å². The monoisotopic (exact) mass is 421 g/mol. The van der Waals surface area contributed by atoms with E-state index in [1.165, 1.54) is 6.07 Å². The zero-order chi connectivity index (χ0) is 14.7. The highest BCUT2D eigenvalue weighted by molar-refractivity contribution is 9.10. The van der Waals surface area contributed by atoms with Crippen LogP contribution in [0.15, 0.2) is 38.6 Å². The van der Waals surface area contributed by atoms with E-state index in [4.69, 9.17) is 10.5 Å². The van der Waals surface area contributed by atoms with Crippen LogP contribution >= 0.6 is 43.2 Å². The van der Waals surface area contributed by atoms with E-state index in [1.807, 2.05) is 18.4 Å². The Kier molecular flexibility index (Phi) is 5.60. The molecule has 1 heterocycles. The summed E-state index contributed by atoms with van der Waals surface area (Å²) in [6, 6.07) is 6.51. The lowest BCUT2D eigenvalue weighted by Crippen LogP contribution is -2.31. The van der Waals surface area contributed by atoms with Crippen LogP contribution in [0.2, 0.25) is 0 Å². The smallest absolute Gasteiger partial charge is 0.166 e. The third kappa shape index (κ3) is 3.81. The number of rotatable bonds is 5. The molecule has 2 rings (SSSR count). The van der Waals surface area contributed by atoms with Gasteiger partial charge in [-0.3, -0.25) is 0 Å². The lowest BCUT2D eigenvalue weighted by atomic mass is 10.1. The van der Waals surface area contributed by atoms with Crippen molar-refractivity contribution in [1.29, 1.82) is 0 Å². The van der Waals surface area contributed by atoms with Crippen LogP contribution in [0.3, 0.4) is 0 Å². The van der Waals surface area contributed by atoms with Gasteiger partial charge in [-0.25, -0.2) is 4.39 Å². The third-order valence-electron chi connectivity index (χ3n) is 2.88. The lowest BCUT2D eigenvalue weighted by Gasteiger charge is -2.23. The second-order valence-corrected chi connectivity index (χ2v) is 7.13. The molecule has 108 valence electrons. The molecule has 20 heavy (non-hydrogen) atoms. The van der Waals surface area contributed by atoms with Crippen LogP contribution in [0, 0.1) is 5.82 Å². The Morgan fingerprint density at radius 1 is 1.30 bits per heavy atom. The lowest BCUT2D eigenvalue weighted by molar-refractivity contribution is 0.167. The van der Waals surface area contributed by atoms with E-state index in [-0.39, 0.29) is 17.9 Å². The molecule has 1 aromatic carbocycles. The fourth-order valence-corrected chi connectivity index (χ4v) is 3.64. The molecule has 2 aromatic rings. The van der Waals surface area contributed by atoms with Gasteiger partial charge in [0.2, 0.25) is 0 Å². The Balaban J connectivity index is 2.28. The summed E-state index contributed by atoms with van der Waals surface area (Å²) in [4.78, 5) is 0.980. The van der Waals surface area contributed by atoms with Gasteiger partial charge in [0.15, 0.2) is 11.6 Å². The summed E-state index contributed by atoms with van der Waals surface area (Å²) in [5, 5.41) is 1.96. The van der Waals surface area contributed by atoms with Crippen LogP contribution in [-0.2, 0) is 0 Å². The number of ether oxygens (including phenoxy) is 1. The van der Waals surface area contributed by atoms with Crippen molar-refractivity contribution in [2.45, 2.75) is 25.5 Å². The summed E-state index contributed by atoms with van der Waals surface area (Å²) in [7, 11) is 0. The molecular weight excluding hydrogens is 409 g/mol. The molecule has 0 saturated heterocycles. The Bertz CT molecular complexity index is 590. The Hall–Kier alpha value is -0.430. The van der Waals surface area contributed by atoms with Gasteiger partial charge in [-0.15, -0.1) is 11.3 Å². The van der Waals surface area contributed by atoms with Gasteiger partial charge in [0, 0.05) is 25.2 Å². The molecule has 2 unspecified atom stereocenters. The predicted octanol–water partition coefficient (Wildman–Crippen LogP) is 5.27. The van der Waals surface area contributed by atoms with Crippen LogP contribution in [0.5, 0.6) is 5.75 Å². The summed E-state index contributed by atoms with van der Waals surface area (Å²) in [5.74, 6) is -0.185. The zero-order valence-electron chi connectivity index (χ0n) is 10.8. The first kappa shape index (κ1) is 15.9. The van der Waals surface area contributed by atoms with Gasteiger partial charge < -0.3 is 10.5 Å². The van der Waals surface area contributed by atoms with Gasteiger partial charge >= 0.3 is 0 Å². The van der Waals surface area contributed by atoms with E-state index in [2.05, 4.69) is 31.9 Å². The fourth-order valence-electron chi connectivity index (χ4n) is 1.76. The maximum absolute atomic E-state index is 13.9. The number of hydrogen-bond acceptors (Lipinski definition) is 3. The Morgan fingerprint density at radius 3 is 2.60 bits per heavy atom. The quantitative estimate of drug-likeness (QED) is 0.712. The molecule has 0 spiro atoms. The average Bonchev–Trinajstić information content (AvgIpc) is 2.83. The molecule has 0 amide bonds. The first-order valence-corrected chi connectivity index (χ1v) is 8.59. The highest BCUT2D eigenvalue weighted by atomic mass is 79.9. The van der Waals surface area contributed by atoms with Gasteiger partial charge in [-0.2, -0.15) is 0 Å². The molecule has 6 heteroatoms. The van der Waals surface area contributed by atoms with Gasteiger partial charge in [-0.05, 0) is 46.6 Å². The maximum Gasteiger partial charge on any atom is 0.166 e. The van der Waals surface area contributed by atoms with Crippen molar-refractivity contribution in [2.75, 3.05) is 0 Å². The third-order valence-corrected chi connectivity index (χ3v) is 5.12. The van der Waals surface area contributed by atoms with Gasteiger partial charge in [0.1, 0.15) is 6.10 Å². The van der Waals surface area contributed by atoms with Crippen LogP contribution in [0.1, 0.15) is 24.3 Å². The van der Waals surface area contributed by atoms with Crippen molar-refractivity contribution in [3.63, 3.8) is 0 Å². The summed E-state index contributed by atoms with van der Waals surface area (Å²) >= 11 is 8.19. The van der Waals surface area contributed by atoms with E-state index < -0.39 is 5.82 Å². The fraction of sp³-hybridized carbons (Fsp3) is 0.286. The molecule has 2 nitrogen and oxygen atoms in total. The first-order valence-electron chi connectivity index (χ1n) is 6.12. The molecule has 0 bridgehead atoms. The van der Waals surface area contributed by atoms with Gasteiger partial charge in [0.25, 0.3) is 0 Å². The summed E-state index contributed by atoms with van der Waals surface area (Å²) in [5.41, 5.74) is 6.12. The number of halogens is 3. The molecule has 0 radical (unpaired) electrons. The molecule has 1 aromatic heterocycles. The predicted molar refractivity (Wildman–Crippen MR) is 87.8 cm³/mol. The SMILES string of the molecule is CCC(N)C(Oc1ccc(Br)cc1F)c1cc(Br)cs1. The van der Waals surface area contributed by atoms with Crippen molar-refractivity contribution in [2.24, 2.45) is 5.73 Å². The number of hydrogen-bond donors (Lipinski definition) is 1. The van der Waals surface area contributed by atoms with Crippen LogP contribution < -0.4 is 10.5 Å². The zero-order valence-corrected chi connectivity index (χ0v) is 14.8. The number of thiophene rings is 1. The van der Waals surface area contributed by atoms with Crippen molar-refractivity contribution in [3.8, 4) is 5.75 Å². The molecule has 0 aliphatic heterocycles. The van der Waals surface area contributed by atoms with E-state index in [1.54, 1.807) is 23.5 Å². The molecule has 0 aliphatic carbocycles. The molecule has 0 fully saturated rings. The molecule has 2 atom stereocenters. The van der Waals surface area contributed by atoms with Crippen LogP contribution in [0.25, 0.3) is 0 Å². The van der Waals surface area contributed by atoms with E-state index in [0.29, 0.717) is 4.47 Å². The molecule has 0 saturated carbocycles. The van der Waals surface area contributed by atoms with Crippen molar-refractivity contribution in [1.82, 2.24) is 0 Å². The molecule has 2 N–H and O–H groups in total. The molecular formula is C14H14Br2FNOS. The van der Waals surface area contributed by atoms with Crippen LogP contribution in [-0.4, -0.2) is 6.04 Å². The Labute approximate surface area is 138 Å². The van der Waals surface area contributed by atoms with E-state index >= 15 is 0 Å². The number of nitrogens with two attached hydrogens (primary N) is 1. The first-order chi connectivity index (χ1) is 9.51. The van der Waals surface area contributed by atoms with Crippen molar-refractivity contribution in [3.05, 3.63) is 49.3 Å². The topological polar surface area (TPSA) is 35.2 Å². The standard InChI is InChI=1S/C14H14Br2FNOS/c1-2-11(18)14(13-6-9(16)7-20-13)19-12-4-3-8(15)5-10(12)17/h3-7,11,14H,2,18H2,1H3. The normalized spacial score (nSPS) is 14.1. The highest BCUT2D eigenvalue weighted by Gasteiger charge is 2.23. The summed E-state index contributed by atoms with van der Waals surface area (Å²) < 4.78 is 21.4. The minimum Gasteiger partial charge on any atom is -0.480 e. The minimum absolute atomic E-state index is 0.191. The van der Waals surface area contributed by atoms with Crippen molar-refractivity contribution < 1.29 is 9.13 Å². The number of benzene rings is 1. The minimum atomic E-state index is -0.400.